The van der Waals surface area contributed by atoms with Crippen LogP contribution in [0.5, 0.6) is 5.75 Å². The Morgan fingerprint density at radius 3 is 3.00 bits per heavy atom. The summed E-state index contributed by atoms with van der Waals surface area (Å²) in [6.45, 7) is 2.46. The van der Waals surface area contributed by atoms with Crippen LogP contribution in [-0.2, 0) is 6.42 Å². The topological polar surface area (TPSA) is 91.2 Å². The zero-order valence-electron chi connectivity index (χ0n) is 11.8. The Balaban J connectivity index is 2.19. The van der Waals surface area contributed by atoms with Gasteiger partial charge in [-0.3, -0.25) is 9.78 Å². The molecule has 0 aliphatic carbocycles. The van der Waals surface area contributed by atoms with E-state index in [1.807, 2.05) is 13.0 Å². The van der Waals surface area contributed by atoms with Crippen molar-refractivity contribution in [3.8, 4) is 17.0 Å². The first-order valence-corrected chi connectivity index (χ1v) is 6.85. The molecule has 1 aromatic heterocycles. The molecule has 1 aromatic carbocycles. The van der Waals surface area contributed by atoms with E-state index in [1.165, 1.54) is 0 Å². The fourth-order valence-corrected chi connectivity index (χ4v) is 2.72. The largest absolute Gasteiger partial charge is 0.488 e. The van der Waals surface area contributed by atoms with Gasteiger partial charge in [-0.1, -0.05) is 6.07 Å². The molecule has 21 heavy (non-hydrogen) atoms. The van der Waals surface area contributed by atoms with Gasteiger partial charge in [-0.2, -0.15) is 0 Å². The van der Waals surface area contributed by atoms with Crippen molar-refractivity contribution < 1.29 is 9.53 Å². The quantitative estimate of drug-likeness (QED) is 0.891. The molecule has 1 aliphatic rings. The number of carbonyl (C=O) groups excluding carboxylic acids is 1. The number of hydrogen-bond donors (Lipinski definition) is 2. The molecular formula is C16H17N3O2. The van der Waals surface area contributed by atoms with Crippen molar-refractivity contribution in [2.24, 2.45) is 11.5 Å². The number of nitrogens with two attached hydrogens (primary N) is 2. The van der Waals surface area contributed by atoms with E-state index < -0.39 is 5.91 Å². The van der Waals surface area contributed by atoms with Crippen LogP contribution in [0, 0.1) is 6.92 Å². The first-order valence-electron chi connectivity index (χ1n) is 6.85. The summed E-state index contributed by atoms with van der Waals surface area (Å²) in [5.41, 5.74) is 15.1. The van der Waals surface area contributed by atoms with Gasteiger partial charge in [0.05, 0.1) is 11.3 Å². The van der Waals surface area contributed by atoms with Crippen LogP contribution in [0.4, 0.5) is 0 Å². The van der Waals surface area contributed by atoms with Gasteiger partial charge in [-0.05, 0) is 36.2 Å². The molecule has 0 spiro atoms. The number of amides is 1. The third kappa shape index (κ3) is 2.36. The number of aromatic nitrogens is 1. The summed E-state index contributed by atoms with van der Waals surface area (Å²) < 4.78 is 5.91. The SMILES string of the molecule is Cc1cc2c(c(-c3ncccc3C(N)=O)c1)O[C@@H](CN)C2. The second-order valence-electron chi connectivity index (χ2n) is 5.24. The number of hydrogen-bond acceptors (Lipinski definition) is 4. The molecule has 0 fully saturated rings. The summed E-state index contributed by atoms with van der Waals surface area (Å²) in [5.74, 6) is 0.263. The highest BCUT2D eigenvalue weighted by Crippen LogP contribution is 2.39. The van der Waals surface area contributed by atoms with Crippen LogP contribution in [0.1, 0.15) is 21.5 Å². The van der Waals surface area contributed by atoms with Crippen LogP contribution >= 0.6 is 0 Å². The molecule has 108 valence electrons. The lowest BCUT2D eigenvalue weighted by atomic mass is 9.98. The molecule has 1 atom stereocenters. The Morgan fingerprint density at radius 2 is 2.29 bits per heavy atom. The maximum atomic E-state index is 11.6. The number of primary amides is 1. The molecule has 0 saturated carbocycles. The molecule has 0 radical (unpaired) electrons. The normalized spacial score (nSPS) is 16.4. The predicted molar refractivity (Wildman–Crippen MR) is 80.1 cm³/mol. The Bertz CT molecular complexity index is 713. The van der Waals surface area contributed by atoms with Gasteiger partial charge < -0.3 is 16.2 Å². The van der Waals surface area contributed by atoms with Gasteiger partial charge in [-0.25, -0.2) is 0 Å². The Labute approximate surface area is 122 Å². The summed E-state index contributed by atoms with van der Waals surface area (Å²) in [4.78, 5) is 15.9. The number of nitrogens with zero attached hydrogens (tertiary/aromatic N) is 1. The molecule has 3 rings (SSSR count). The minimum atomic E-state index is -0.498. The molecule has 0 bridgehead atoms. The number of pyridine rings is 1. The van der Waals surface area contributed by atoms with E-state index in [-0.39, 0.29) is 6.10 Å². The second-order valence-corrected chi connectivity index (χ2v) is 5.24. The van der Waals surface area contributed by atoms with Gasteiger partial charge in [-0.15, -0.1) is 0 Å². The minimum absolute atomic E-state index is 0.0266. The number of ether oxygens (including phenoxy) is 1. The van der Waals surface area contributed by atoms with Crippen molar-refractivity contribution in [2.45, 2.75) is 19.4 Å². The molecule has 4 N–H and O–H groups in total. The molecule has 0 saturated heterocycles. The zero-order valence-corrected chi connectivity index (χ0v) is 11.8. The van der Waals surface area contributed by atoms with Gasteiger partial charge in [0.2, 0.25) is 0 Å². The van der Waals surface area contributed by atoms with Crippen molar-refractivity contribution in [1.29, 1.82) is 0 Å². The maximum absolute atomic E-state index is 11.6. The van der Waals surface area contributed by atoms with Gasteiger partial charge in [0.25, 0.3) is 5.91 Å². The second kappa shape index (κ2) is 5.18. The lowest BCUT2D eigenvalue weighted by molar-refractivity contribution is 0.100. The minimum Gasteiger partial charge on any atom is -0.488 e. The van der Waals surface area contributed by atoms with Gasteiger partial charge in [0, 0.05) is 24.7 Å². The monoisotopic (exact) mass is 283 g/mol. The zero-order chi connectivity index (χ0) is 15.0. The average Bonchev–Trinajstić information content (AvgIpc) is 2.89. The molecule has 2 heterocycles. The van der Waals surface area contributed by atoms with E-state index in [4.69, 9.17) is 16.2 Å². The fourth-order valence-electron chi connectivity index (χ4n) is 2.72. The first-order chi connectivity index (χ1) is 10.1. The summed E-state index contributed by atoms with van der Waals surface area (Å²) in [7, 11) is 0. The number of aryl methyl sites for hydroxylation is 1. The van der Waals surface area contributed by atoms with Gasteiger partial charge >= 0.3 is 0 Å². The number of fused-ring (bicyclic) bond motifs is 1. The third-order valence-corrected chi connectivity index (χ3v) is 3.63. The fraction of sp³-hybridized carbons (Fsp3) is 0.250. The third-order valence-electron chi connectivity index (χ3n) is 3.63. The van der Waals surface area contributed by atoms with Crippen molar-refractivity contribution in [1.82, 2.24) is 4.98 Å². The van der Waals surface area contributed by atoms with E-state index in [0.717, 1.165) is 28.9 Å². The highest BCUT2D eigenvalue weighted by atomic mass is 16.5. The molecule has 1 amide bonds. The van der Waals surface area contributed by atoms with E-state index in [0.29, 0.717) is 17.8 Å². The summed E-state index contributed by atoms with van der Waals surface area (Å²) >= 11 is 0. The Kier molecular flexibility index (Phi) is 3.35. The van der Waals surface area contributed by atoms with E-state index >= 15 is 0 Å². The standard InChI is InChI=1S/C16H17N3O2/c1-9-5-10-7-11(8-17)21-15(10)13(6-9)14-12(16(18)20)3-2-4-19-14/h2-6,11H,7-8,17H2,1H3,(H2,18,20)/t11-/m1/s1. The van der Waals surface area contributed by atoms with Crippen LogP contribution < -0.4 is 16.2 Å². The maximum Gasteiger partial charge on any atom is 0.250 e. The highest BCUT2D eigenvalue weighted by Gasteiger charge is 2.27. The van der Waals surface area contributed by atoms with Crippen LogP contribution in [0.3, 0.4) is 0 Å². The molecule has 2 aromatic rings. The smallest absolute Gasteiger partial charge is 0.250 e. The summed E-state index contributed by atoms with van der Waals surface area (Å²) in [5, 5.41) is 0. The molecule has 1 aliphatic heterocycles. The van der Waals surface area contributed by atoms with Gasteiger partial charge in [0.15, 0.2) is 0 Å². The van der Waals surface area contributed by atoms with Crippen LogP contribution in [0.15, 0.2) is 30.5 Å². The summed E-state index contributed by atoms with van der Waals surface area (Å²) in [6.07, 6.45) is 2.40. The van der Waals surface area contributed by atoms with Crippen LogP contribution in [-0.4, -0.2) is 23.5 Å². The van der Waals surface area contributed by atoms with Crippen LogP contribution in [0.25, 0.3) is 11.3 Å². The molecular weight excluding hydrogens is 266 g/mol. The van der Waals surface area contributed by atoms with Crippen LogP contribution in [0.2, 0.25) is 0 Å². The predicted octanol–water partition coefficient (Wildman–Crippen LogP) is 1.42. The van der Waals surface area contributed by atoms with E-state index in [1.54, 1.807) is 18.3 Å². The molecule has 0 unspecified atom stereocenters. The Morgan fingerprint density at radius 1 is 1.48 bits per heavy atom. The number of benzene rings is 1. The highest BCUT2D eigenvalue weighted by molar-refractivity contribution is 5.99. The first kappa shape index (κ1) is 13.6. The van der Waals surface area contributed by atoms with Crippen molar-refractivity contribution in [3.63, 3.8) is 0 Å². The van der Waals surface area contributed by atoms with Crippen molar-refractivity contribution in [3.05, 3.63) is 47.2 Å². The van der Waals surface area contributed by atoms with Gasteiger partial charge in [0.1, 0.15) is 11.9 Å². The summed E-state index contributed by atoms with van der Waals surface area (Å²) in [6, 6.07) is 7.42. The lowest BCUT2D eigenvalue weighted by Crippen LogP contribution is -2.24. The van der Waals surface area contributed by atoms with E-state index in [2.05, 4.69) is 11.1 Å². The van der Waals surface area contributed by atoms with Crippen molar-refractivity contribution in [2.75, 3.05) is 6.54 Å². The average molecular weight is 283 g/mol. The number of carbonyl (C=O) groups is 1. The lowest BCUT2D eigenvalue weighted by Gasteiger charge is -2.13. The van der Waals surface area contributed by atoms with Crippen molar-refractivity contribution >= 4 is 5.91 Å². The molecule has 5 nitrogen and oxygen atoms in total. The van der Waals surface area contributed by atoms with E-state index in [9.17, 15) is 4.79 Å². The molecule has 5 heteroatoms. The number of rotatable bonds is 3. The Hall–Kier alpha value is -2.40.